The Morgan fingerprint density at radius 3 is 1.23 bits per heavy atom. The van der Waals surface area contributed by atoms with E-state index in [2.05, 4.69) is 200 Å². The van der Waals surface area contributed by atoms with Crippen molar-refractivity contribution >= 4 is 53.9 Å². The van der Waals surface area contributed by atoms with Crippen LogP contribution in [-0.4, -0.2) is 15.0 Å². The highest BCUT2D eigenvalue weighted by atomic mass is 15.0. The van der Waals surface area contributed by atoms with Crippen molar-refractivity contribution in [2.45, 2.75) is 0 Å². The Bertz CT molecular complexity index is 3260. The van der Waals surface area contributed by atoms with Crippen LogP contribution in [0.25, 0.3) is 110 Å². The summed E-state index contributed by atoms with van der Waals surface area (Å²) >= 11 is 0. The minimum atomic E-state index is 0.634. The van der Waals surface area contributed by atoms with Crippen LogP contribution in [0.15, 0.2) is 200 Å². The van der Waals surface area contributed by atoms with Crippen molar-refractivity contribution in [1.82, 2.24) is 15.0 Å². The molecular formula is C53H33N3. The van der Waals surface area contributed by atoms with Crippen LogP contribution in [0.1, 0.15) is 0 Å². The van der Waals surface area contributed by atoms with Gasteiger partial charge in [-0.05, 0) is 94.3 Å². The van der Waals surface area contributed by atoms with Crippen LogP contribution < -0.4 is 0 Å². The summed E-state index contributed by atoms with van der Waals surface area (Å²) in [6.07, 6.45) is 0. The lowest BCUT2D eigenvalue weighted by Gasteiger charge is -2.18. The van der Waals surface area contributed by atoms with Gasteiger partial charge in [-0.25, -0.2) is 15.0 Å². The van der Waals surface area contributed by atoms with Crippen LogP contribution >= 0.6 is 0 Å². The first-order valence-electron chi connectivity index (χ1n) is 19.0. The molecule has 3 nitrogen and oxygen atoms in total. The predicted molar refractivity (Wildman–Crippen MR) is 235 cm³/mol. The first-order valence-corrected chi connectivity index (χ1v) is 19.0. The second kappa shape index (κ2) is 13.1. The Labute approximate surface area is 324 Å². The molecule has 0 saturated carbocycles. The summed E-state index contributed by atoms with van der Waals surface area (Å²) in [5.41, 5.74) is 7.63. The SMILES string of the molecule is c1cc(-c2nc(-c3ccc4ccccc4c3)nc(-c3cccc4ccccc34)n2)cc(-c2c3ccccc3c(-c3ccc4ccccc4c3)c3ccccc23)c1. The number of fused-ring (bicyclic) bond motifs is 5. The maximum Gasteiger partial charge on any atom is 0.164 e. The molecule has 3 heteroatoms. The fourth-order valence-electron chi connectivity index (χ4n) is 8.41. The second-order valence-corrected chi connectivity index (χ2v) is 14.4. The van der Waals surface area contributed by atoms with Crippen LogP contribution in [0.4, 0.5) is 0 Å². The molecule has 1 heterocycles. The molecule has 0 N–H and O–H groups in total. The Kier molecular flexibility index (Phi) is 7.49. The highest BCUT2D eigenvalue weighted by molar-refractivity contribution is 6.21. The summed E-state index contributed by atoms with van der Waals surface area (Å²) in [6.45, 7) is 0. The molecule has 0 spiro atoms. The van der Waals surface area contributed by atoms with Crippen molar-refractivity contribution in [1.29, 1.82) is 0 Å². The monoisotopic (exact) mass is 711 g/mol. The van der Waals surface area contributed by atoms with Gasteiger partial charge in [0.15, 0.2) is 17.5 Å². The number of nitrogens with zero attached hydrogens (tertiary/aromatic N) is 3. The minimum Gasteiger partial charge on any atom is -0.208 e. The van der Waals surface area contributed by atoms with E-state index >= 15 is 0 Å². The van der Waals surface area contributed by atoms with E-state index in [9.17, 15) is 0 Å². The molecular weight excluding hydrogens is 679 g/mol. The topological polar surface area (TPSA) is 38.7 Å². The van der Waals surface area contributed by atoms with E-state index < -0.39 is 0 Å². The summed E-state index contributed by atoms with van der Waals surface area (Å²) in [4.78, 5) is 15.6. The normalized spacial score (nSPS) is 11.6. The molecule has 0 bridgehead atoms. The average molecular weight is 712 g/mol. The van der Waals surface area contributed by atoms with Crippen molar-refractivity contribution < 1.29 is 0 Å². The minimum absolute atomic E-state index is 0.634. The maximum atomic E-state index is 5.23. The number of hydrogen-bond donors (Lipinski definition) is 0. The highest BCUT2D eigenvalue weighted by Gasteiger charge is 2.19. The van der Waals surface area contributed by atoms with Crippen molar-refractivity contribution in [2.24, 2.45) is 0 Å². The van der Waals surface area contributed by atoms with Gasteiger partial charge in [0.2, 0.25) is 0 Å². The van der Waals surface area contributed by atoms with Crippen molar-refractivity contribution in [3.8, 4) is 56.4 Å². The molecule has 56 heavy (non-hydrogen) atoms. The third-order valence-corrected chi connectivity index (χ3v) is 11.1. The standard InChI is InChI=1S/C53H33N3/c1-3-16-37-31-40(29-27-34(37)13-1)50-46-24-9-7-22-44(46)49(45-23-8-10-25-47(45)50)39-19-11-20-41(33-39)51-54-52(42-30-28-35-14-2-4-17-38(35)32-42)56-53(55-51)48-26-12-18-36-15-5-6-21-43(36)48/h1-33H. The zero-order valence-electron chi connectivity index (χ0n) is 30.4. The maximum absolute atomic E-state index is 5.23. The van der Waals surface area contributed by atoms with Crippen LogP contribution in [-0.2, 0) is 0 Å². The van der Waals surface area contributed by atoms with E-state index in [1.54, 1.807) is 0 Å². The molecule has 0 atom stereocenters. The van der Waals surface area contributed by atoms with E-state index in [0.29, 0.717) is 17.5 Å². The summed E-state index contributed by atoms with van der Waals surface area (Å²) in [7, 11) is 0. The van der Waals surface area contributed by atoms with E-state index in [4.69, 9.17) is 15.0 Å². The Hall–Kier alpha value is -7.49. The largest absolute Gasteiger partial charge is 0.208 e. The number of hydrogen-bond acceptors (Lipinski definition) is 3. The van der Waals surface area contributed by atoms with Gasteiger partial charge in [0.25, 0.3) is 0 Å². The van der Waals surface area contributed by atoms with E-state index in [0.717, 1.165) is 38.4 Å². The van der Waals surface area contributed by atoms with Gasteiger partial charge in [0, 0.05) is 16.7 Å². The van der Waals surface area contributed by atoms with E-state index in [-0.39, 0.29) is 0 Å². The van der Waals surface area contributed by atoms with Gasteiger partial charge in [-0.15, -0.1) is 0 Å². The molecule has 260 valence electrons. The van der Waals surface area contributed by atoms with Crippen molar-refractivity contribution in [2.75, 3.05) is 0 Å². The Morgan fingerprint density at radius 2 is 0.625 bits per heavy atom. The van der Waals surface area contributed by atoms with Gasteiger partial charge in [0.1, 0.15) is 0 Å². The lowest BCUT2D eigenvalue weighted by molar-refractivity contribution is 1.08. The molecule has 0 aliphatic rings. The van der Waals surface area contributed by atoms with Crippen LogP contribution in [0.2, 0.25) is 0 Å². The first kappa shape index (κ1) is 32.0. The third-order valence-electron chi connectivity index (χ3n) is 11.1. The highest BCUT2D eigenvalue weighted by Crippen LogP contribution is 2.44. The van der Waals surface area contributed by atoms with Gasteiger partial charge in [-0.1, -0.05) is 182 Å². The zero-order valence-corrected chi connectivity index (χ0v) is 30.4. The molecule has 1 aromatic heterocycles. The smallest absolute Gasteiger partial charge is 0.164 e. The molecule has 0 amide bonds. The number of aromatic nitrogens is 3. The summed E-state index contributed by atoms with van der Waals surface area (Å²) < 4.78 is 0. The van der Waals surface area contributed by atoms with Crippen molar-refractivity contribution in [3.05, 3.63) is 200 Å². The lowest BCUT2D eigenvalue weighted by atomic mass is 9.85. The van der Waals surface area contributed by atoms with Crippen molar-refractivity contribution in [3.63, 3.8) is 0 Å². The second-order valence-electron chi connectivity index (χ2n) is 14.4. The summed E-state index contributed by atoms with van der Waals surface area (Å²) in [5, 5.41) is 11.9. The summed E-state index contributed by atoms with van der Waals surface area (Å²) in [5.74, 6) is 1.93. The molecule has 0 fully saturated rings. The molecule has 11 rings (SSSR count). The van der Waals surface area contributed by atoms with Crippen LogP contribution in [0.3, 0.4) is 0 Å². The van der Waals surface area contributed by atoms with Gasteiger partial charge in [-0.3, -0.25) is 0 Å². The van der Waals surface area contributed by atoms with E-state index in [1.807, 2.05) is 0 Å². The quantitative estimate of drug-likeness (QED) is 0.167. The molecule has 0 unspecified atom stereocenters. The predicted octanol–water partition coefficient (Wildman–Crippen LogP) is 14.0. The van der Waals surface area contributed by atoms with Crippen LogP contribution in [0, 0.1) is 0 Å². The summed E-state index contributed by atoms with van der Waals surface area (Å²) in [6, 6.07) is 71.3. The Morgan fingerprint density at radius 1 is 0.232 bits per heavy atom. The molecule has 11 aromatic rings. The first-order chi connectivity index (χ1) is 27.7. The molecule has 0 radical (unpaired) electrons. The molecule has 10 aromatic carbocycles. The van der Waals surface area contributed by atoms with Crippen LogP contribution in [0.5, 0.6) is 0 Å². The third kappa shape index (κ3) is 5.40. The number of benzene rings is 10. The van der Waals surface area contributed by atoms with E-state index in [1.165, 1.54) is 54.4 Å². The lowest BCUT2D eigenvalue weighted by Crippen LogP contribution is -2.01. The van der Waals surface area contributed by atoms with Gasteiger partial charge < -0.3 is 0 Å². The average Bonchev–Trinajstić information content (AvgIpc) is 3.27. The van der Waals surface area contributed by atoms with Gasteiger partial charge in [0.05, 0.1) is 0 Å². The Balaban J connectivity index is 1.13. The molecule has 0 aliphatic heterocycles. The fourth-order valence-corrected chi connectivity index (χ4v) is 8.41. The number of rotatable bonds is 5. The molecule has 0 aliphatic carbocycles. The molecule has 0 saturated heterocycles. The van der Waals surface area contributed by atoms with Gasteiger partial charge >= 0.3 is 0 Å². The fraction of sp³-hybridized carbons (Fsp3) is 0. The zero-order chi connectivity index (χ0) is 37.0. The van der Waals surface area contributed by atoms with Gasteiger partial charge in [-0.2, -0.15) is 0 Å².